The number of aromatic nitrogens is 3. The van der Waals surface area contributed by atoms with Crippen molar-refractivity contribution in [3.05, 3.63) is 41.5 Å². The van der Waals surface area contributed by atoms with E-state index < -0.39 is 6.36 Å². The number of benzene rings is 1. The molecule has 1 aromatic heterocycles. The topological polar surface area (TPSA) is 63.5 Å². The Kier molecular flexibility index (Phi) is 4.48. The van der Waals surface area contributed by atoms with E-state index in [9.17, 15) is 18.0 Å². The van der Waals surface area contributed by atoms with Gasteiger partial charge in [-0.3, -0.25) is 0 Å². The third-order valence-corrected chi connectivity index (χ3v) is 7.55. The highest BCUT2D eigenvalue weighted by atomic mass is 19.4. The molecule has 2 saturated heterocycles. The first-order chi connectivity index (χ1) is 15.7. The fraction of sp³-hybridized carbons (Fsp3) is 0.609. The number of carbonyl (C=O) groups excluding carboxylic acids is 1. The summed E-state index contributed by atoms with van der Waals surface area (Å²) in [5.74, 6) is 1.50. The Bertz CT molecular complexity index is 1080. The first-order valence-electron chi connectivity index (χ1n) is 11.5. The summed E-state index contributed by atoms with van der Waals surface area (Å²) in [6, 6.07) is 5.19. The minimum atomic E-state index is -4.70. The lowest BCUT2D eigenvalue weighted by Gasteiger charge is -2.60. The smallest absolute Gasteiger partial charge is 0.406 e. The predicted octanol–water partition coefficient (Wildman–Crippen LogP) is 4.22. The molecule has 0 unspecified atom stereocenters. The molecule has 0 atom stereocenters. The Labute approximate surface area is 189 Å². The zero-order chi connectivity index (χ0) is 23.0. The van der Waals surface area contributed by atoms with Crippen LogP contribution in [0.3, 0.4) is 0 Å². The molecule has 10 heteroatoms. The highest BCUT2D eigenvalue weighted by Crippen LogP contribution is 2.54. The van der Waals surface area contributed by atoms with Crippen LogP contribution in [0.4, 0.5) is 18.0 Å². The van der Waals surface area contributed by atoms with Gasteiger partial charge >= 0.3 is 12.4 Å². The highest BCUT2D eigenvalue weighted by molar-refractivity contribution is 5.77. The average molecular weight is 461 g/mol. The SMILES string of the molecule is Cc1cc(C2CN(C(=O)N3CC4(CC(n5cnc(C6CC6)n5)C4)C3)C2)ccc1OC(F)(F)F. The van der Waals surface area contributed by atoms with Crippen molar-refractivity contribution in [3.63, 3.8) is 0 Å². The molecule has 2 aliphatic carbocycles. The summed E-state index contributed by atoms with van der Waals surface area (Å²) in [7, 11) is 0. The standard InChI is InChI=1S/C23H26F3N5O2/c1-14-6-16(4-5-19(14)33-23(24,25)26)17-9-29(10-17)21(32)30-11-22(12-30)7-18(8-22)31-13-27-20(28-31)15-2-3-15/h4-6,13,15,17-18H,2-3,7-12H2,1H3. The third kappa shape index (κ3) is 3.83. The monoisotopic (exact) mass is 461 g/mol. The number of carbonyl (C=O) groups is 1. The summed E-state index contributed by atoms with van der Waals surface area (Å²) in [6.07, 6.45) is 1.64. The quantitative estimate of drug-likeness (QED) is 0.684. The van der Waals surface area contributed by atoms with Gasteiger partial charge in [-0.05, 0) is 49.8 Å². The molecule has 0 N–H and O–H groups in total. The van der Waals surface area contributed by atoms with Crippen molar-refractivity contribution in [2.24, 2.45) is 5.41 Å². The second kappa shape index (κ2) is 7.11. The first kappa shape index (κ1) is 20.8. The number of likely N-dealkylation sites (tertiary alicyclic amines) is 2. The highest BCUT2D eigenvalue weighted by Gasteiger charge is 2.55. The number of nitrogens with zero attached hydrogens (tertiary/aromatic N) is 5. The van der Waals surface area contributed by atoms with E-state index in [1.165, 1.54) is 18.9 Å². The molecule has 4 fully saturated rings. The largest absolute Gasteiger partial charge is 0.573 e. The van der Waals surface area contributed by atoms with Crippen LogP contribution in [-0.4, -0.2) is 63.1 Å². The number of aryl methyl sites for hydroxylation is 1. The fourth-order valence-corrected chi connectivity index (χ4v) is 5.49. The normalized spacial score (nSPS) is 22.7. The molecule has 2 aromatic rings. The van der Waals surface area contributed by atoms with E-state index in [1.54, 1.807) is 19.1 Å². The van der Waals surface area contributed by atoms with Gasteiger partial charge in [0.05, 0.1) is 6.04 Å². The van der Waals surface area contributed by atoms with Crippen LogP contribution in [0.1, 0.15) is 60.5 Å². The van der Waals surface area contributed by atoms with Crippen LogP contribution in [-0.2, 0) is 0 Å². The van der Waals surface area contributed by atoms with Gasteiger partial charge in [-0.2, -0.15) is 5.10 Å². The molecule has 6 rings (SSSR count). The van der Waals surface area contributed by atoms with Gasteiger partial charge in [0, 0.05) is 43.4 Å². The average Bonchev–Trinajstić information content (AvgIpc) is 3.38. The molecule has 2 aliphatic heterocycles. The number of hydrogen-bond donors (Lipinski definition) is 0. The lowest BCUT2D eigenvalue weighted by molar-refractivity contribution is -0.274. The summed E-state index contributed by atoms with van der Waals surface area (Å²) in [4.78, 5) is 21.0. The Balaban J connectivity index is 0.973. The molecule has 1 spiro atoms. The van der Waals surface area contributed by atoms with E-state index in [0.29, 0.717) is 30.6 Å². The van der Waals surface area contributed by atoms with Crippen molar-refractivity contribution in [2.75, 3.05) is 26.2 Å². The number of rotatable bonds is 4. The maximum atomic E-state index is 12.8. The van der Waals surface area contributed by atoms with E-state index in [0.717, 1.165) is 37.3 Å². The van der Waals surface area contributed by atoms with Crippen molar-refractivity contribution in [1.29, 1.82) is 0 Å². The summed E-state index contributed by atoms with van der Waals surface area (Å²) in [6.45, 7) is 4.36. The summed E-state index contributed by atoms with van der Waals surface area (Å²) < 4.78 is 43.4. The first-order valence-corrected chi connectivity index (χ1v) is 11.5. The number of ether oxygens (including phenoxy) is 1. The maximum absolute atomic E-state index is 12.8. The second-order valence-corrected chi connectivity index (χ2v) is 10.2. The molecule has 176 valence electrons. The molecule has 3 heterocycles. The summed E-state index contributed by atoms with van der Waals surface area (Å²) in [5.41, 5.74) is 1.60. The van der Waals surface area contributed by atoms with Crippen molar-refractivity contribution in [3.8, 4) is 5.75 Å². The Morgan fingerprint density at radius 1 is 1.12 bits per heavy atom. The Morgan fingerprint density at radius 2 is 1.85 bits per heavy atom. The van der Waals surface area contributed by atoms with Crippen molar-refractivity contribution in [1.82, 2.24) is 24.6 Å². The number of halogens is 3. The molecule has 7 nitrogen and oxygen atoms in total. The lowest BCUT2D eigenvalue weighted by Crippen LogP contribution is -2.67. The van der Waals surface area contributed by atoms with Crippen LogP contribution in [0.5, 0.6) is 5.75 Å². The second-order valence-electron chi connectivity index (χ2n) is 10.2. The molecule has 0 bridgehead atoms. The van der Waals surface area contributed by atoms with Crippen molar-refractivity contribution in [2.45, 2.75) is 56.8 Å². The molecular weight excluding hydrogens is 435 g/mol. The molecule has 33 heavy (non-hydrogen) atoms. The van der Waals surface area contributed by atoms with Gasteiger partial charge in [-0.25, -0.2) is 14.5 Å². The van der Waals surface area contributed by atoms with Gasteiger partial charge in [0.25, 0.3) is 0 Å². The van der Waals surface area contributed by atoms with E-state index in [-0.39, 0.29) is 23.1 Å². The van der Waals surface area contributed by atoms with Crippen LogP contribution >= 0.6 is 0 Å². The molecule has 2 amide bonds. The van der Waals surface area contributed by atoms with Crippen LogP contribution < -0.4 is 4.74 Å². The van der Waals surface area contributed by atoms with Crippen molar-refractivity contribution < 1.29 is 22.7 Å². The van der Waals surface area contributed by atoms with Gasteiger partial charge in [0.2, 0.25) is 0 Å². The van der Waals surface area contributed by atoms with E-state index >= 15 is 0 Å². The molecule has 1 aromatic carbocycles. The van der Waals surface area contributed by atoms with Crippen molar-refractivity contribution >= 4 is 6.03 Å². The number of urea groups is 1. The molecule has 2 saturated carbocycles. The van der Waals surface area contributed by atoms with E-state index in [1.807, 2.05) is 20.8 Å². The minimum absolute atomic E-state index is 0.0610. The van der Waals surface area contributed by atoms with Gasteiger partial charge in [0.1, 0.15) is 12.1 Å². The maximum Gasteiger partial charge on any atom is 0.573 e. The Morgan fingerprint density at radius 3 is 2.48 bits per heavy atom. The number of amides is 2. The number of hydrogen-bond acceptors (Lipinski definition) is 4. The van der Waals surface area contributed by atoms with E-state index in [4.69, 9.17) is 0 Å². The van der Waals surface area contributed by atoms with Crippen LogP contribution in [0.2, 0.25) is 0 Å². The van der Waals surface area contributed by atoms with Crippen LogP contribution in [0.15, 0.2) is 24.5 Å². The summed E-state index contributed by atoms with van der Waals surface area (Å²) in [5, 5.41) is 4.64. The Hall–Kier alpha value is -2.78. The van der Waals surface area contributed by atoms with Gasteiger partial charge in [0.15, 0.2) is 5.82 Å². The zero-order valence-corrected chi connectivity index (χ0v) is 18.4. The molecule has 4 aliphatic rings. The predicted molar refractivity (Wildman–Crippen MR) is 112 cm³/mol. The van der Waals surface area contributed by atoms with Crippen LogP contribution in [0, 0.1) is 12.3 Å². The molecular formula is C23H26F3N5O2. The fourth-order valence-electron chi connectivity index (χ4n) is 5.49. The lowest BCUT2D eigenvalue weighted by atomic mass is 9.61. The van der Waals surface area contributed by atoms with E-state index in [2.05, 4.69) is 14.8 Å². The van der Waals surface area contributed by atoms with Gasteiger partial charge in [-0.1, -0.05) is 12.1 Å². The van der Waals surface area contributed by atoms with Gasteiger partial charge in [-0.15, -0.1) is 13.2 Å². The number of alkyl halides is 3. The third-order valence-electron chi connectivity index (χ3n) is 7.55. The van der Waals surface area contributed by atoms with Crippen LogP contribution in [0.25, 0.3) is 0 Å². The van der Waals surface area contributed by atoms with Gasteiger partial charge < -0.3 is 14.5 Å². The summed E-state index contributed by atoms with van der Waals surface area (Å²) >= 11 is 0. The zero-order valence-electron chi connectivity index (χ0n) is 18.4. The minimum Gasteiger partial charge on any atom is -0.406 e. The molecule has 0 radical (unpaired) electrons.